The van der Waals surface area contributed by atoms with Gasteiger partial charge in [-0.25, -0.2) is 0 Å². The van der Waals surface area contributed by atoms with E-state index in [4.69, 9.17) is 10.5 Å². The fourth-order valence-corrected chi connectivity index (χ4v) is 4.76. The number of aromatic hydroxyl groups is 1. The van der Waals surface area contributed by atoms with Crippen LogP contribution in [-0.4, -0.2) is 57.8 Å². The van der Waals surface area contributed by atoms with Crippen LogP contribution in [0.25, 0.3) is 0 Å². The third-order valence-corrected chi connectivity index (χ3v) is 6.76. The number of primary amides is 1. The first-order valence-corrected chi connectivity index (χ1v) is 12.8. The lowest BCUT2D eigenvalue weighted by atomic mass is 9.99. The highest BCUT2D eigenvalue weighted by atomic mass is 31.2. The zero-order valence-corrected chi connectivity index (χ0v) is 21.2. The molecular weight excluding hydrogens is 473 g/mol. The SMILES string of the molecule is COc1ccc(CC(C(N)=O)N(C)C(=O)[C@H](CC(C)C)N[C@H](c2ccccc2O)P(=O)(O)O)cc1. The fraction of sp³-hybridized carbons (Fsp3) is 0.417. The lowest BCUT2D eigenvalue weighted by Crippen LogP contribution is -2.54. The van der Waals surface area contributed by atoms with E-state index < -0.39 is 37.3 Å². The molecule has 0 aliphatic rings. The number of carbonyl (C=O) groups excluding carboxylic acids is 2. The number of methoxy groups -OCH3 is 1. The van der Waals surface area contributed by atoms with Crippen molar-refractivity contribution in [1.82, 2.24) is 10.2 Å². The van der Waals surface area contributed by atoms with E-state index in [0.29, 0.717) is 5.75 Å². The average molecular weight is 508 g/mol. The van der Waals surface area contributed by atoms with Crippen molar-refractivity contribution in [3.05, 3.63) is 59.7 Å². The van der Waals surface area contributed by atoms with Crippen LogP contribution in [-0.2, 0) is 20.6 Å². The second-order valence-electron chi connectivity index (χ2n) is 8.82. The molecule has 2 aromatic carbocycles. The summed E-state index contributed by atoms with van der Waals surface area (Å²) in [6, 6.07) is 10.7. The van der Waals surface area contributed by atoms with Crippen LogP contribution in [0.1, 0.15) is 37.2 Å². The van der Waals surface area contributed by atoms with Gasteiger partial charge in [0, 0.05) is 19.0 Å². The van der Waals surface area contributed by atoms with Gasteiger partial charge in [0.05, 0.1) is 13.2 Å². The second kappa shape index (κ2) is 12.2. The quantitative estimate of drug-likeness (QED) is 0.273. The van der Waals surface area contributed by atoms with E-state index in [1.165, 1.54) is 43.3 Å². The lowest BCUT2D eigenvalue weighted by molar-refractivity contribution is -0.139. The molecule has 0 fully saturated rings. The number of amides is 2. The number of phenols is 1. The van der Waals surface area contributed by atoms with Crippen LogP contribution >= 0.6 is 7.60 Å². The Kier molecular flexibility index (Phi) is 9.85. The summed E-state index contributed by atoms with van der Waals surface area (Å²) in [7, 11) is -1.87. The maximum absolute atomic E-state index is 13.5. The number of hydrogen-bond acceptors (Lipinski definition) is 6. The van der Waals surface area contributed by atoms with Gasteiger partial charge in [0.1, 0.15) is 23.3 Å². The Bertz CT molecular complexity index is 1060. The predicted octanol–water partition coefficient (Wildman–Crippen LogP) is 2.14. The summed E-state index contributed by atoms with van der Waals surface area (Å²) in [5.41, 5.74) is 6.35. The summed E-state index contributed by atoms with van der Waals surface area (Å²) < 4.78 is 17.5. The Labute approximate surface area is 205 Å². The molecule has 2 aromatic rings. The topological polar surface area (TPSA) is 162 Å². The number of hydrogen-bond donors (Lipinski definition) is 5. The number of likely N-dealkylation sites (N-methyl/N-ethyl adjacent to an activating group) is 1. The molecule has 10 nitrogen and oxygen atoms in total. The number of para-hydroxylation sites is 1. The Balaban J connectivity index is 2.35. The molecule has 0 spiro atoms. The molecule has 1 unspecified atom stereocenters. The maximum Gasteiger partial charge on any atom is 0.347 e. The highest BCUT2D eigenvalue weighted by Gasteiger charge is 2.38. The number of benzene rings is 2. The van der Waals surface area contributed by atoms with Crippen molar-refractivity contribution in [2.75, 3.05) is 14.2 Å². The summed E-state index contributed by atoms with van der Waals surface area (Å²) in [6.07, 6.45) is 0.374. The zero-order valence-electron chi connectivity index (χ0n) is 20.3. The van der Waals surface area contributed by atoms with Gasteiger partial charge in [0.2, 0.25) is 11.8 Å². The molecule has 0 saturated heterocycles. The largest absolute Gasteiger partial charge is 0.508 e. The van der Waals surface area contributed by atoms with Gasteiger partial charge in [0.15, 0.2) is 0 Å². The normalized spacial score (nSPS) is 14.3. The molecule has 2 amide bonds. The average Bonchev–Trinajstić information content (AvgIpc) is 2.79. The Hall–Kier alpha value is -2.91. The summed E-state index contributed by atoms with van der Waals surface area (Å²) in [5.74, 6) is -2.59. The molecule has 0 aliphatic carbocycles. The van der Waals surface area contributed by atoms with E-state index in [1.807, 2.05) is 13.8 Å². The fourth-order valence-electron chi connectivity index (χ4n) is 3.80. The van der Waals surface area contributed by atoms with Crippen LogP contribution in [0.2, 0.25) is 0 Å². The van der Waals surface area contributed by atoms with E-state index in [9.17, 15) is 29.0 Å². The third-order valence-electron chi connectivity index (χ3n) is 5.66. The van der Waals surface area contributed by atoms with E-state index in [2.05, 4.69) is 5.32 Å². The van der Waals surface area contributed by atoms with E-state index in [0.717, 1.165) is 5.56 Å². The van der Waals surface area contributed by atoms with Gasteiger partial charge in [-0.1, -0.05) is 44.2 Å². The number of phenolic OH excluding ortho intramolecular Hbond substituents is 1. The Morgan fingerprint density at radius 1 is 1.11 bits per heavy atom. The number of nitrogens with two attached hydrogens (primary N) is 1. The van der Waals surface area contributed by atoms with E-state index in [1.54, 1.807) is 24.3 Å². The molecule has 3 atom stereocenters. The molecule has 0 heterocycles. The number of rotatable bonds is 12. The van der Waals surface area contributed by atoms with Crippen LogP contribution in [0.5, 0.6) is 11.5 Å². The van der Waals surface area contributed by atoms with Crippen molar-refractivity contribution in [2.24, 2.45) is 11.7 Å². The second-order valence-corrected chi connectivity index (χ2v) is 10.5. The minimum absolute atomic E-state index is 0.0275. The first kappa shape index (κ1) is 28.3. The standard InChI is InChI=1S/C24H34N3O7P/c1-15(2)13-19(26-23(35(31,32)33)18-7-5-6-8-21(18)28)24(30)27(3)20(22(25)29)14-16-9-11-17(34-4)12-10-16/h5-12,15,19-20,23,26,28H,13-14H2,1-4H3,(H2,25,29)(H2,31,32,33)/t19-,20?,23-/m0/s1. The number of ether oxygens (including phenoxy) is 1. The molecule has 0 saturated carbocycles. The molecule has 2 rings (SSSR count). The maximum atomic E-state index is 13.5. The first-order valence-electron chi connectivity index (χ1n) is 11.1. The van der Waals surface area contributed by atoms with Crippen molar-refractivity contribution in [2.45, 2.75) is 44.6 Å². The van der Waals surface area contributed by atoms with Crippen molar-refractivity contribution in [3.63, 3.8) is 0 Å². The van der Waals surface area contributed by atoms with Crippen molar-refractivity contribution in [1.29, 1.82) is 0 Å². The first-order chi connectivity index (χ1) is 16.3. The smallest absolute Gasteiger partial charge is 0.347 e. The van der Waals surface area contributed by atoms with Crippen LogP contribution in [0.15, 0.2) is 48.5 Å². The Morgan fingerprint density at radius 2 is 1.71 bits per heavy atom. The summed E-state index contributed by atoms with van der Waals surface area (Å²) in [4.78, 5) is 47.1. The summed E-state index contributed by atoms with van der Waals surface area (Å²) in [6.45, 7) is 3.72. The molecule has 6 N–H and O–H groups in total. The van der Waals surface area contributed by atoms with Crippen LogP contribution in [0.4, 0.5) is 0 Å². The van der Waals surface area contributed by atoms with E-state index >= 15 is 0 Å². The van der Waals surface area contributed by atoms with Crippen molar-refractivity contribution in [3.8, 4) is 11.5 Å². The lowest BCUT2D eigenvalue weighted by Gasteiger charge is -2.33. The van der Waals surface area contributed by atoms with Gasteiger partial charge < -0.3 is 30.3 Å². The molecule has 192 valence electrons. The molecule has 0 radical (unpaired) electrons. The van der Waals surface area contributed by atoms with Gasteiger partial charge in [-0.05, 0) is 36.1 Å². The number of carbonyl (C=O) groups is 2. The molecule has 0 aliphatic heterocycles. The highest BCUT2D eigenvalue weighted by Crippen LogP contribution is 2.52. The highest BCUT2D eigenvalue weighted by molar-refractivity contribution is 7.52. The Morgan fingerprint density at radius 3 is 2.20 bits per heavy atom. The predicted molar refractivity (Wildman–Crippen MR) is 132 cm³/mol. The van der Waals surface area contributed by atoms with Gasteiger partial charge >= 0.3 is 7.60 Å². The molecule has 0 bridgehead atoms. The van der Waals surface area contributed by atoms with Crippen molar-refractivity contribution < 1.29 is 33.8 Å². The third kappa shape index (κ3) is 7.80. The molecule has 11 heteroatoms. The van der Waals surface area contributed by atoms with Crippen LogP contribution < -0.4 is 15.8 Å². The van der Waals surface area contributed by atoms with Gasteiger partial charge in [-0.15, -0.1) is 0 Å². The minimum Gasteiger partial charge on any atom is -0.508 e. The van der Waals surface area contributed by atoms with E-state index in [-0.39, 0.29) is 30.1 Å². The van der Waals surface area contributed by atoms with Crippen molar-refractivity contribution >= 4 is 19.4 Å². The van der Waals surface area contributed by atoms with Gasteiger partial charge in [-0.3, -0.25) is 19.5 Å². The molecular formula is C24H34N3O7P. The van der Waals surface area contributed by atoms with Gasteiger partial charge in [0.25, 0.3) is 0 Å². The zero-order chi connectivity index (χ0) is 26.3. The molecule has 0 aromatic heterocycles. The summed E-state index contributed by atoms with van der Waals surface area (Å²) in [5, 5.41) is 13.0. The summed E-state index contributed by atoms with van der Waals surface area (Å²) >= 11 is 0. The minimum atomic E-state index is -4.84. The van der Waals surface area contributed by atoms with Gasteiger partial charge in [-0.2, -0.15) is 0 Å². The monoisotopic (exact) mass is 507 g/mol. The van der Waals surface area contributed by atoms with Crippen LogP contribution in [0, 0.1) is 5.92 Å². The number of nitrogens with zero attached hydrogens (tertiary/aromatic N) is 1. The molecule has 35 heavy (non-hydrogen) atoms. The van der Waals surface area contributed by atoms with Crippen LogP contribution in [0.3, 0.4) is 0 Å². The number of nitrogens with one attached hydrogen (secondary N) is 1.